The van der Waals surface area contributed by atoms with Crippen LogP contribution in [-0.2, 0) is 4.79 Å². The minimum Gasteiger partial charge on any atom is -0.372 e. The average Bonchev–Trinajstić information content (AvgIpc) is 2.92. The van der Waals surface area contributed by atoms with Crippen molar-refractivity contribution >= 4 is 17.3 Å². The summed E-state index contributed by atoms with van der Waals surface area (Å²) in [7, 11) is 0. The molecule has 4 heteroatoms. The lowest BCUT2D eigenvalue weighted by Gasteiger charge is -2.20. The van der Waals surface area contributed by atoms with Crippen LogP contribution in [0.25, 0.3) is 0 Å². The third-order valence-corrected chi connectivity index (χ3v) is 3.95. The highest BCUT2D eigenvalue weighted by atomic mass is 16.1. The van der Waals surface area contributed by atoms with E-state index in [0.717, 1.165) is 24.3 Å². The highest BCUT2D eigenvalue weighted by molar-refractivity contribution is 5.91. The monoisotopic (exact) mass is 289 g/mol. The van der Waals surface area contributed by atoms with Crippen LogP contribution in [0.3, 0.4) is 0 Å². The van der Waals surface area contributed by atoms with Gasteiger partial charge in [-0.3, -0.25) is 4.79 Å². The number of carbonyl (C=O) groups is 1. The van der Waals surface area contributed by atoms with Crippen LogP contribution in [0.1, 0.15) is 45.1 Å². The average molecular weight is 289 g/mol. The van der Waals surface area contributed by atoms with Crippen molar-refractivity contribution in [2.45, 2.75) is 52.0 Å². The number of hydrogen-bond acceptors (Lipinski definition) is 3. The second kappa shape index (κ2) is 6.48. The van der Waals surface area contributed by atoms with Crippen LogP contribution in [0.4, 0.5) is 11.4 Å². The summed E-state index contributed by atoms with van der Waals surface area (Å²) in [5.41, 5.74) is 8.88. The molecule has 116 valence electrons. The van der Waals surface area contributed by atoms with Crippen molar-refractivity contribution in [1.29, 1.82) is 0 Å². The molecule has 0 radical (unpaired) electrons. The van der Waals surface area contributed by atoms with Crippen molar-refractivity contribution in [3.8, 4) is 0 Å². The van der Waals surface area contributed by atoms with E-state index in [0.29, 0.717) is 12.8 Å². The molecule has 1 heterocycles. The van der Waals surface area contributed by atoms with Crippen molar-refractivity contribution in [3.63, 3.8) is 0 Å². The van der Waals surface area contributed by atoms with Crippen molar-refractivity contribution in [2.24, 2.45) is 5.73 Å². The molecular weight excluding hydrogens is 262 g/mol. The van der Waals surface area contributed by atoms with E-state index in [1.54, 1.807) is 0 Å². The Morgan fingerprint density at radius 1 is 1.33 bits per heavy atom. The fourth-order valence-electron chi connectivity index (χ4n) is 2.61. The van der Waals surface area contributed by atoms with Gasteiger partial charge in [0.25, 0.3) is 0 Å². The van der Waals surface area contributed by atoms with Gasteiger partial charge in [0.15, 0.2) is 0 Å². The summed E-state index contributed by atoms with van der Waals surface area (Å²) < 4.78 is 0. The third-order valence-electron chi connectivity index (χ3n) is 3.95. The van der Waals surface area contributed by atoms with Gasteiger partial charge in [0.1, 0.15) is 0 Å². The molecule has 2 rings (SSSR count). The summed E-state index contributed by atoms with van der Waals surface area (Å²) in [6.45, 7) is 8.20. The Morgan fingerprint density at radius 2 is 2.00 bits per heavy atom. The van der Waals surface area contributed by atoms with Crippen LogP contribution < -0.4 is 16.0 Å². The van der Waals surface area contributed by atoms with E-state index in [1.165, 1.54) is 18.5 Å². The van der Waals surface area contributed by atoms with Crippen LogP contribution in [0.15, 0.2) is 18.2 Å². The first-order valence-corrected chi connectivity index (χ1v) is 7.79. The molecule has 0 aromatic heterocycles. The van der Waals surface area contributed by atoms with E-state index >= 15 is 0 Å². The van der Waals surface area contributed by atoms with Gasteiger partial charge in [-0.2, -0.15) is 0 Å². The molecule has 1 aliphatic heterocycles. The lowest BCUT2D eigenvalue weighted by Crippen LogP contribution is -2.33. The molecule has 1 aromatic rings. The molecule has 0 saturated carbocycles. The van der Waals surface area contributed by atoms with Crippen molar-refractivity contribution < 1.29 is 4.79 Å². The van der Waals surface area contributed by atoms with Gasteiger partial charge in [-0.1, -0.05) is 0 Å². The minimum atomic E-state index is -0.300. The molecule has 21 heavy (non-hydrogen) atoms. The first kappa shape index (κ1) is 15.8. The minimum absolute atomic E-state index is 0.0329. The van der Waals surface area contributed by atoms with Crippen molar-refractivity contribution in [3.05, 3.63) is 23.8 Å². The zero-order valence-electron chi connectivity index (χ0n) is 13.4. The molecule has 1 aliphatic rings. The Morgan fingerprint density at radius 3 is 2.57 bits per heavy atom. The van der Waals surface area contributed by atoms with Gasteiger partial charge in [0.05, 0.1) is 0 Å². The predicted molar refractivity (Wildman–Crippen MR) is 88.8 cm³/mol. The zero-order chi connectivity index (χ0) is 15.5. The number of aryl methyl sites for hydroxylation is 1. The molecule has 1 saturated heterocycles. The van der Waals surface area contributed by atoms with Gasteiger partial charge in [0.2, 0.25) is 5.91 Å². The summed E-state index contributed by atoms with van der Waals surface area (Å²) in [5, 5.41) is 2.99. The molecule has 0 atom stereocenters. The maximum absolute atomic E-state index is 12.0. The van der Waals surface area contributed by atoms with Gasteiger partial charge in [0, 0.05) is 36.4 Å². The van der Waals surface area contributed by atoms with Crippen LogP contribution in [0.5, 0.6) is 0 Å². The molecule has 1 fully saturated rings. The number of nitrogens with zero attached hydrogens (tertiary/aromatic N) is 1. The maximum Gasteiger partial charge on any atom is 0.224 e. The van der Waals surface area contributed by atoms with Gasteiger partial charge in [-0.25, -0.2) is 0 Å². The van der Waals surface area contributed by atoms with Gasteiger partial charge in [-0.15, -0.1) is 0 Å². The number of carbonyl (C=O) groups excluding carboxylic acids is 1. The topological polar surface area (TPSA) is 58.4 Å². The van der Waals surface area contributed by atoms with Crippen LogP contribution in [-0.4, -0.2) is 24.5 Å². The zero-order valence-corrected chi connectivity index (χ0v) is 13.4. The number of anilines is 2. The number of hydrogen-bond donors (Lipinski definition) is 2. The smallest absolute Gasteiger partial charge is 0.224 e. The van der Waals surface area contributed by atoms with E-state index in [2.05, 4.69) is 22.3 Å². The second-order valence-corrected chi connectivity index (χ2v) is 6.73. The normalized spacial score (nSPS) is 15.3. The number of amides is 1. The highest BCUT2D eigenvalue weighted by Crippen LogP contribution is 2.25. The van der Waals surface area contributed by atoms with Crippen LogP contribution in [0, 0.1) is 6.92 Å². The lowest BCUT2D eigenvalue weighted by atomic mass is 10.00. The Balaban J connectivity index is 1.96. The summed E-state index contributed by atoms with van der Waals surface area (Å²) in [6.07, 6.45) is 3.68. The van der Waals surface area contributed by atoms with Crippen LogP contribution in [0.2, 0.25) is 0 Å². The van der Waals surface area contributed by atoms with E-state index in [-0.39, 0.29) is 11.4 Å². The van der Waals surface area contributed by atoms with Crippen molar-refractivity contribution in [1.82, 2.24) is 0 Å². The molecular formula is C17H27N3O. The molecule has 4 nitrogen and oxygen atoms in total. The highest BCUT2D eigenvalue weighted by Gasteiger charge is 2.15. The first-order chi connectivity index (χ1) is 9.85. The summed E-state index contributed by atoms with van der Waals surface area (Å²) >= 11 is 0. The maximum atomic E-state index is 12.0. The third kappa shape index (κ3) is 4.74. The van der Waals surface area contributed by atoms with E-state index in [9.17, 15) is 4.79 Å². The standard InChI is InChI=1S/C17H27N3O/c1-13-12-14(20-10-4-5-11-20)6-7-15(13)19-16(21)8-9-17(2,3)18/h6-7,12H,4-5,8-11,18H2,1-3H3,(H,19,21). The molecule has 0 spiro atoms. The number of rotatable bonds is 5. The van der Waals surface area contributed by atoms with E-state index in [4.69, 9.17) is 5.73 Å². The number of nitrogens with two attached hydrogens (primary N) is 1. The predicted octanol–water partition coefficient (Wildman–Crippen LogP) is 3.05. The summed E-state index contributed by atoms with van der Waals surface area (Å²) in [5.74, 6) is 0.0329. The summed E-state index contributed by atoms with van der Waals surface area (Å²) in [4.78, 5) is 14.4. The number of nitrogens with one attached hydrogen (secondary N) is 1. The molecule has 1 amide bonds. The molecule has 1 aromatic carbocycles. The largest absolute Gasteiger partial charge is 0.372 e. The molecule has 0 aliphatic carbocycles. The molecule has 0 unspecified atom stereocenters. The van der Waals surface area contributed by atoms with Gasteiger partial charge in [-0.05, 0) is 63.8 Å². The van der Waals surface area contributed by atoms with E-state index < -0.39 is 0 Å². The fourth-order valence-corrected chi connectivity index (χ4v) is 2.61. The van der Waals surface area contributed by atoms with Gasteiger partial charge >= 0.3 is 0 Å². The second-order valence-electron chi connectivity index (χ2n) is 6.73. The lowest BCUT2D eigenvalue weighted by molar-refractivity contribution is -0.116. The van der Waals surface area contributed by atoms with Crippen molar-refractivity contribution in [2.75, 3.05) is 23.3 Å². The number of benzene rings is 1. The quantitative estimate of drug-likeness (QED) is 0.876. The van der Waals surface area contributed by atoms with E-state index in [1.807, 2.05) is 26.8 Å². The Hall–Kier alpha value is -1.55. The Labute approximate surface area is 127 Å². The van der Waals surface area contributed by atoms with Gasteiger partial charge < -0.3 is 16.0 Å². The molecule has 0 bridgehead atoms. The summed E-state index contributed by atoms with van der Waals surface area (Å²) in [6, 6.07) is 6.27. The van der Waals surface area contributed by atoms with Crippen LogP contribution >= 0.6 is 0 Å². The molecule has 3 N–H and O–H groups in total. The SMILES string of the molecule is Cc1cc(N2CCCC2)ccc1NC(=O)CCC(C)(C)N. The Kier molecular flexibility index (Phi) is 4.88. The fraction of sp³-hybridized carbons (Fsp3) is 0.588. The Bertz CT molecular complexity index is 499. The first-order valence-electron chi connectivity index (χ1n) is 7.79.